The molecule has 0 aliphatic rings. The van der Waals surface area contributed by atoms with E-state index in [4.69, 9.17) is 23.2 Å². The molecule has 94 valence electrons. The third kappa shape index (κ3) is 3.41. The predicted molar refractivity (Wildman–Crippen MR) is 82.8 cm³/mol. The van der Waals surface area contributed by atoms with Crippen LogP contribution in [0.25, 0.3) is 0 Å². The van der Waals surface area contributed by atoms with Crippen LogP contribution in [0.1, 0.15) is 5.56 Å². The standard InChI is InChI=1S/C14H12BrCl2N/c15-11-6-7-12(14(17)13(11)16)18-9-8-10-4-2-1-3-5-10/h1-7,18H,8-9H2. The average Bonchev–Trinajstić information content (AvgIpc) is 2.40. The van der Waals surface area contributed by atoms with Gasteiger partial charge in [0.15, 0.2) is 0 Å². The Kier molecular flexibility index (Phi) is 4.93. The average molecular weight is 345 g/mol. The van der Waals surface area contributed by atoms with E-state index in [2.05, 4.69) is 33.4 Å². The molecular formula is C14H12BrCl2N. The van der Waals surface area contributed by atoms with Crippen molar-refractivity contribution in [3.63, 3.8) is 0 Å². The highest BCUT2D eigenvalue weighted by atomic mass is 79.9. The maximum atomic E-state index is 6.16. The first-order valence-corrected chi connectivity index (χ1v) is 7.14. The third-order valence-electron chi connectivity index (χ3n) is 2.61. The second-order valence-electron chi connectivity index (χ2n) is 3.89. The zero-order valence-electron chi connectivity index (χ0n) is 9.59. The minimum atomic E-state index is 0.543. The number of hydrogen-bond donors (Lipinski definition) is 1. The third-order valence-corrected chi connectivity index (χ3v) is 4.38. The molecule has 0 aromatic heterocycles. The van der Waals surface area contributed by atoms with Crippen LogP contribution < -0.4 is 5.32 Å². The minimum absolute atomic E-state index is 0.543. The Balaban J connectivity index is 1.97. The van der Waals surface area contributed by atoms with Gasteiger partial charge < -0.3 is 5.32 Å². The van der Waals surface area contributed by atoms with Crippen molar-refractivity contribution in [3.05, 3.63) is 62.5 Å². The fourth-order valence-corrected chi connectivity index (χ4v) is 2.49. The molecule has 0 spiro atoms. The normalized spacial score (nSPS) is 10.4. The van der Waals surface area contributed by atoms with Crippen molar-refractivity contribution >= 4 is 44.8 Å². The molecule has 2 rings (SSSR count). The minimum Gasteiger partial charge on any atom is -0.383 e. The zero-order chi connectivity index (χ0) is 13.0. The van der Waals surface area contributed by atoms with Gasteiger partial charge >= 0.3 is 0 Å². The van der Waals surface area contributed by atoms with Gasteiger partial charge in [0, 0.05) is 11.0 Å². The molecule has 2 aromatic carbocycles. The second kappa shape index (κ2) is 6.46. The summed E-state index contributed by atoms with van der Waals surface area (Å²) in [6.07, 6.45) is 0.949. The fourth-order valence-electron chi connectivity index (χ4n) is 1.65. The van der Waals surface area contributed by atoms with E-state index in [-0.39, 0.29) is 0 Å². The van der Waals surface area contributed by atoms with Crippen LogP contribution >= 0.6 is 39.1 Å². The van der Waals surface area contributed by atoms with Crippen molar-refractivity contribution in [2.24, 2.45) is 0 Å². The molecule has 0 bridgehead atoms. The van der Waals surface area contributed by atoms with E-state index in [9.17, 15) is 0 Å². The first-order valence-electron chi connectivity index (χ1n) is 5.60. The summed E-state index contributed by atoms with van der Waals surface area (Å²) >= 11 is 15.6. The molecule has 0 amide bonds. The van der Waals surface area contributed by atoms with E-state index in [1.54, 1.807) is 0 Å². The SMILES string of the molecule is Clc1c(Br)ccc(NCCc2ccccc2)c1Cl. The number of anilines is 1. The van der Waals surface area contributed by atoms with Crippen LogP contribution in [-0.2, 0) is 6.42 Å². The van der Waals surface area contributed by atoms with Crippen LogP contribution in [0.5, 0.6) is 0 Å². The molecule has 0 saturated heterocycles. The summed E-state index contributed by atoms with van der Waals surface area (Å²) in [5.74, 6) is 0. The zero-order valence-corrected chi connectivity index (χ0v) is 12.7. The highest BCUT2D eigenvalue weighted by Gasteiger charge is 2.07. The van der Waals surface area contributed by atoms with Crippen molar-refractivity contribution in [2.45, 2.75) is 6.42 Å². The maximum absolute atomic E-state index is 6.16. The molecule has 18 heavy (non-hydrogen) atoms. The molecule has 1 nitrogen and oxygen atoms in total. The summed E-state index contributed by atoms with van der Waals surface area (Å²) in [6, 6.07) is 14.1. The van der Waals surface area contributed by atoms with Crippen LogP contribution in [0.2, 0.25) is 10.0 Å². The van der Waals surface area contributed by atoms with Crippen LogP contribution in [-0.4, -0.2) is 6.54 Å². The molecular weight excluding hydrogens is 333 g/mol. The monoisotopic (exact) mass is 343 g/mol. The molecule has 0 radical (unpaired) electrons. The van der Waals surface area contributed by atoms with Gasteiger partial charge in [0.1, 0.15) is 0 Å². The van der Waals surface area contributed by atoms with Crippen LogP contribution in [0, 0.1) is 0 Å². The van der Waals surface area contributed by atoms with Gasteiger partial charge in [-0.05, 0) is 40.0 Å². The summed E-state index contributed by atoms with van der Waals surface area (Å²) in [6.45, 7) is 0.821. The lowest BCUT2D eigenvalue weighted by Crippen LogP contribution is -2.05. The van der Waals surface area contributed by atoms with E-state index in [0.29, 0.717) is 10.0 Å². The lowest BCUT2D eigenvalue weighted by Gasteiger charge is -2.10. The number of rotatable bonds is 4. The maximum Gasteiger partial charge on any atom is 0.0835 e. The summed E-state index contributed by atoms with van der Waals surface area (Å²) < 4.78 is 0.808. The number of benzene rings is 2. The van der Waals surface area contributed by atoms with Gasteiger partial charge in [-0.1, -0.05) is 53.5 Å². The molecule has 0 unspecified atom stereocenters. The van der Waals surface area contributed by atoms with Gasteiger partial charge in [-0.15, -0.1) is 0 Å². The van der Waals surface area contributed by atoms with E-state index < -0.39 is 0 Å². The summed E-state index contributed by atoms with van der Waals surface area (Å²) in [5.41, 5.74) is 2.16. The van der Waals surface area contributed by atoms with Gasteiger partial charge in [-0.2, -0.15) is 0 Å². The van der Waals surface area contributed by atoms with Gasteiger partial charge in [0.2, 0.25) is 0 Å². The van der Waals surface area contributed by atoms with Crippen molar-refractivity contribution < 1.29 is 0 Å². The molecule has 0 aliphatic heterocycles. The molecule has 2 aromatic rings. The first kappa shape index (κ1) is 13.7. The van der Waals surface area contributed by atoms with Crippen LogP contribution in [0.15, 0.2) is 46.9 Å². The first-order chi connectivity index (χ1) is 8.68. The summed E-state index contributed by atoms with van der Waals surface area (Å²) in [7, 11) is 0. The lowest BCUT2D eigenvalue weighted by molar-refractivity contribution is 1.02. The van der Waals surface area contributed by atoms with Crippen molar-refractivity contribution in [1.82, 2.24) is 0 Å². The fraction of sp³-hybridized carbons (Fsp3) is 0.143. The Bertz CT molecular complexity index is 529. The number of halogens is 3. The van der Waals surface area contributed by atoms with Crippen LogP contribution in [0.3, 0.4) is 0 Å². The number of nitrogens with one attached hydrogen (secondary N) is 1. The van der Waals surface area contributed by atoms with Gasteiger partial charge in [-0.25, -0.2) is 0 Å². The Morgan fingerprint density at radius 3 is 2.39 bits per heavy atom. The van der Waals surface area contributed by atoms with E-state index in [1.165, 1.54) is 5.56 Å². The van der Waals surface area contributed by atoms with Gasteiger partial charge in [0.25, 0.3) is 0 Å². The Hall–Kier alpha value is -0.700. The molecule has 0 fully saturated rings. The highest BCUT2D eigenvalue weighted by Crippen LogP contribution is 2.35. The van der Waals surface area contributed by atoms with Crippen molar-refractivity contribution in [3.8, 4) is 0 Å². The second-order valence-corrected chi connectivity index (χ2v) is 5.50. The molecule has 0 heterocycles. The van der Waals surface area contributed by atoms with Crippen LogP contribution in [0.4, 0.5) is 5.69 Å². The van der Waals surface area contributed by atoms with Crippen molar-refractivity contribution in [2.75, 3.05) is 11.9 Å². The van der Waals surface area contributed by atoms with E-state index in [0.717, 1.165) is 23.1 Å². The lowest BCUT2D eigenvalue weighted by atomic mass is 10.1. The Labute approximate surface area is 125 Å². The Morgan fingerprint density at radius 2 is 1.67 bits per heavy atom. The molecule has 0 aliphatic carbocycles. The number of hydrogen-bond acceptors (Lipinski definition) is 1. The molecule has 0 atom stereocenters. The quantitative estimate of drug-likeness (QED) is 0.731. The van der Waals surface area contributed by atoms with Crippen molar-refractivity contribution in [1.29, 1.82) is 0 Å². The summed E-state index contributed by atoms with van der Waals surface area (Å²) in [4.78, 5) is 0. The van der Waals surface area contributed by atoms with Gasteiger partial charge in [-0.3, -0.25) is 0 Å². The Morgan fingerprint density at radius 1 is 0.944 bits per heavy atom. The molecule has 4 heteroatoms. The highest BCUT2D eigenvalue weighted by molar-refractivity contribution is 9.10. The largest absolute Gasteiger partial charge is 0.383 e. The smallest absolute Gasteiger partial charge is 0.0835 e. The molecule has 1 N–H and O–H groups in total. The van der Waals surface area contributed by atoms with Gasteiger partial charge in [0.05, 0.1) is 15.7 Å². The van der Waals surface area contributed by atoms with E-state index in [1.807, 2.05) is 30.3 Å². The molecule has 0 saturated carbocycles. The predicted octanol–water partition coefficient (Wildman–Crippen LogP) is 5.41. The van der Waals surface area contributed by atoms with E-state index >= 15 is 0 Å². The topological polar surface area (TPSA) is 12.0 Å². The summed E-state index contributed by atoms with van der Waals surface area (Å²) in [5, 5.41) is 4.39.